The van der Waals surface area contributed by atoms with Gasteiger partial charge >= 0.3 is 0 Å². The number of anilines is 1. The first-order valence-corrected chi connectivity index (χ1v) is 7.16. The van der Waals surface area contributed by atoms with Gasteiger partial charge in [-0.05, 0) is 17.7 Å². The zero-order valence-corrected chi connectivity index (χ0v) is 11.7. The van der Waals surface area contributed by atoms with E-state index in [9.17, 15) is 9.59 Å². The quantitative estimate of drug-likeness (QED) is 0.858. The summed E-state index contributed by atoms with van der Waals surface area (Å²) in [7, 11) is 0. The van der Waals surface area contributed by atoms with Gasteiger partial charge in [-0.25, -0.2) is 5.06 Å². The second kappa shape index (κ2) is 4.96. The lowest BCUT2D eigenvalue weighted by Crippen LogP contribution is -2.33. The third-order valence-electron chi connectivity index (χ3n) is 4.11. The van der Waals surface area contributed by atoms with Gasteiger partial charge in [-0.1, -0.05) is 48.5 Å². The number of rotatable bonds is 2. The summed E-state index contributed by atoms with van der Waals surface area (Å²) in [6, 6.07) is 18.8. The normalized spacial score (nSPS) is 26.9. The summed E-state index contributed by atoms with van der Waals surface area (Å²) in [6.07, 6.45) is -0.766. The fourth-order valence-electron chi connectivity index (χ4n) is 3.12. The highest BCUT2D eigenvalue weighted by atomic mass is 16.7. The van der Waals surface area contributed by atoms with Crippen LogP contribution in [-0.4, -0.2) is 17.9 Å². The second-order valence-corrected chi connectivity index (χ2v) is 5.42. The summed E-state index contributed by atoms with van der Waals surface area (Å²) < 4.78 is 0. The molecule has 4 rings (SSSR count). The number of hydrogen-bond acceptors (Lipinski definition) is 4. The molecule has 3 atom stereocenters. The molecule has 0 radical (unpaired) electrons. The van der Waals surface area contributed by atoms with Crippen LogP contribution in [0.15, 0.2) is 60.7 Å². The van der Waals surface area contributed by atoms with Gasteiger partial charge in [0.05, 0.1) is 11.7 Å². The van der Waals surface area contributed by atoms with Gasteiger partial charge in [0.2, 0.25) is 5.91 Å². The van der Waals surface area contributed by atoms with Gasteiger partial charge in [0, 0.05) is 0 Å². The Bertz CT molecular complexity index is 717. The molecule has 5 heteroatoms. The number of carbonyl (C=O) groups is 2. The number of amides is 2. The van der Waals surface area contributed by atoms with Gasteiger partial charge in [-0.3, -0.25) is 19.7 Å². The van der Waals surface area contributed by atoms with Gasteiger partial charge in [-0.15, -0.1) is 0 Å². The summed E-state index contributed by atoms with van der Waals surface area (Å²) in [5.41, 5.74) is 1.77. The Morgan fingerprint density at radius 1 is 0.864 bits per heavy atom. The van der Waals surface area contributed by atoms with Gasteiger partial charge in [0.25, 0.3) is 5.91 Å². The van der Waals surface area contributed by atoms with Crippen LogP contribution in [-0.2, 0) is 14.4 Å². The van der Waals surface area contributed by atoms with Crippen LogP contribution < -0.4 is 10.4 Å². The summed E-state index contributed by atoms with van der Waals surface area (Å²) in [5.74, 6) is -1.17. The van der Waals surface area contributed by atoms with E-state index >= 15 is 0 Å². The molecule has 22 heavy (non-hydrogen) atoms. The van der Waals surface area contributed by atoms with Crippen LogP contribution in [0.2, 0.25) is 0 Å². The molecular weight excluding hydrogens is 280 g/mol. The molecule has 0 bridgehead atoms. The average Bonchev–Trinajstić information content (AvgIpc) is 3.08. The van der Waals surface area contributed by atoms with Crippen LogP contribution in [0.1, 0.15) is 11.6 Å². The van der Waals surface area contributed by atoms with E-state index in [0.717, 1.165) is 11.3 Å². The van der Waals surface area contributed by atoms with Crippen molar-refractivity contribution in [1.29, 1.82) is 0 Å². The molecular formula is C17H14N2O3. The van der Waals surface area contributed by atoms with E-state index in [2.05, 4.69) is 5.32 Å². The number of carbonyl (C=O) groups excluding carboxylic acids is 2. The van der Waals surface area contributed by atoms with Crippen LogP contribution in [0.25, 0.3) is 0 Å². The van der Waals surface area contributed by atoms with Gasteiger partial charge < -0.3 is 0 Å². The summed E-state index contributed by atoms with van der Waals surface area (Å²) in [6.45, 7) is 0. The van der Waals surface area contributed by atoms with Crippen molar-refractivity contribution < 1.29 is 14.4 Å². The fraction of sp³-hybridized carbons (Fsp3) is 0.176. The van der Waals surface area contributed by atoms with Gasteiger partial charge in [0.15, 0.2) is 6.10 Å². The Labute approximate surface area is 127 Å². The molecule has 2 heterocycles. The highest BCUT2D eigenvalue weighted by Crippen LogP contribution is 2.44. The van der Waals surface area contributed by atoms with Crippen molar-refractivity contribution in [2.24, 2.45) is 5.92 Å². The molecule has 0 unspecified atom stereocenters. The van der Waals surface area contributed by atoms with E-state index < -0.39 is 12.0 Å². The lowest BCUT2D eigenvalue weighted by molar-refractivity contribution is -0.129. The van der Waals surface area contributed by atoms with Crippen LogP contribution in [0.4, 0.5) is 5.69 Å². The Kier molecular flexibility index (Phi) is 2.94. The number of nitrogens with one attached hydrogen (secondary N) is 1. The minimum atomic E-state index is -0.766. The number of hydroxylamine groups is 1. The van der Waals surface area contributed by atoms with Crippen molar-refractivity contribution in [2.45, 2.75) is 12.1 Å². The molecule has 2 aromatic rings. The topological polar surface area (TPSA) is 58.6 Å². The molecule has 5 nitrogen and oxygen atoms in total. The predicted molar refractivity (Wildman–Crippen MR) is 79.6 cm³/mol. The molecule has 2 aromatic carbocycles. The van der Waals surface area contributed by atoms with Crippen LogP contribution in [0.3, 0.4) is 0 Å². The maximum absolute atomic E-state index is 12.2. The molecule has 2 fully saturated rings. The molecule has 0 spiro atoms. The minimum Gasteiger partial charge on any atom is -0.294 e. The van der Waals surface area contributed by atoms with Crippen molar-refractivity contribution in [3.63, 3.8) is 0 Å². The lowest BCUT2D eigenvalue weighted by atomic mass is 9.91. The molecule has 0 aromatic heterocycles. The van der Waals surface area contributed by atoms with Crippen molar-refractivity contribution in [1.82, 2.24) is 5.32 Å². The van der Waals surface area contributed by atoms with Crippen molar-refractivity contribution in [3.8, 4) is 0 Å². The van der Waals surface area contributed by atoms with E-state index in [1.807, 2.05) is 60.7 Å². The van der Waals surface area contributed by atoms with Crippen LogP contribution in [0, 0.1) is 5.92 Å². The molecule has 0 aliphatic carbocycles. The molecule has 2 amide bonds. The Morgan fingerprint density at radius 3 is 2.18 bits per heavy atom. The molecule has 2 saturated heterocycles. The van der Waals surface area contributed by atoms with Crippen molar-refractivity contribution in [2.75, 3.05) is 5.06 Å². The summed E-state index contributed by atoms with van der Waals surface area (Å²) in [4.78, 5) is 29.9. The van der Waals surface area contributed by atoms with E-state index in [0.29, 0.717) is 0 Å². The molecule has 0 saturated carbocycles. The SMILES string of the molecule is O=C1NC(=O)[C@@H]2ON(c3ccccc3)[C@H](c3ccccc3)[C@@H]12. The standard InChI is InChI=1S/C17H14N2O3/c20-16-13-14(11-7-3-1-4-8-11)19(12-9-5-2-6-10-12)22-15(13)17(21)18-16/h1-10,13-15H,(H,18,20,21)/t13-,14-,15-/m1/s1. The fourth-order valence-corrected chi connectivity index (χ4v) is 3.12. The predicted octanol–water partition coefficient (Wildman–Crippen LogP) is 1.82. The first kappa shape index (κ1) is 13.0. The maximum Gasteiger partial charge on any atom is 0.259 e. The van der Waals surface area contributed by atoms with E-state index in [4.69, 9.17) is 4.84 Å². The Morgan fingerprint density at radius 2 is 1.50 bits per heavy atom. The maximum atomic E-state index is 12.2. The first-order chi connectivity index (χ1) is 10.8. The number of para-hydroxylation sites is 1. The minimum absolute atomic E-state index is 0.276. The van der Waals surface area contributed by atoms with Crippen molar-refractivity contribution in [3.05, 3.63) is 66.2 Å². The number of hydrogen-bond donors (Lipinski definition) is 1. The first-order valence-electron chi connectivity index (χ1n) is 7.16. The van der Waals surface area contributed by atoms with E-state index in [1.54, 1.807) is 5.06 Å². The Hall–Kier alpha value is -2.66. The molecule has 2 aliphatic rings. The third-order valence-corrected chi connectivity index (χ3v) is 4.11. The second-order valence-electron chi connectivity index (χ2n) is 5.42. The smallest absolute Gasteiger partial charge is 0.259 e. The lowest BCUT2D eigenvalue weighted by Gasteiger charge is -2.27. The van der Waals surface area contributed by atoms with Gasteiger partial charge in [-0.2, -0.15) is 0 Å². The third kappa shape index (κ3) is 1.90. The van der Waals surface area contributed by atoms with Crippen molar-refractivity contribution >= 4 is 17.5 Å². The number of benzene rings is 2. The van der Waals surface area contributed by atoms with E-state index in [-0.39, 0.29) is 17.9 Å². The number of nitrogens with zero attached hydrogens (tertiary/aromatic N) is 1. The largest absolute Gasteiger partial charge is 0.294 e. The highest BCUT2D eigenvalue weighted by molar-refractivity contribution is 6.07. The number of fused-ring (bicyclic) bond motifs is 1. The van der Waals surface area contributed by atoms with Crippen LogP contribution in [0.5, 0.6) is 0 Å². The highest BCUT2D eigenvalue weighted by Gasteiger charge is 2.56. The molecule has 1 N–H and O–H groups in total. The van der Waals surface area contributed by atoms with E-state index in [1.165, 1.54) is 0 Å². The zero-order valence-electron chi connectivity index (χ0n) is 11.7. The monoisotopic (exact) mass is 294 g/mol. The zero-order chi connectivity index (χ0) is 15.1. The average molecular weight is 294 g/mol. The molecule has 2 aliphatic heterocycles. The molecule has 110 valence electrons. The Balaban J connectivity index is 1.81. The van der Waals surface area contributed by atoms with Crippen LogP contribution >= 0.6 is 0 Å². The summed E-state index contributed by atoms with van der Waals surface area (Å²) >= 11 is 0. The van der Waals surface area contributed by atoms with Gasteiger partial charge in [0.1, 0.15) is 5.92 Å². The summed E-state index contributed by atoms with van der Waals surface area (Å²) in [5, 5.41) is 4.04. The number of imide groups is 1.